The molecule has 0 radical (unpaired) electrons. The topological polar surface area (TPSA) is 79.0 Å². The van der Waals surface area contributed by atoms with Crippen LogP contribution in [0.3, 0.4) is 0 Å². The Bertz CT molecular complexity index is 928. The molecule has 0 bridgehead atoms. The largest absolute Gasteiger partial charge is 0.495 e. The highest BCUT2D eigenvalue weighted by molar-refractivity contribution is 6.05. The van der Waals surface area contributed by atoms with Gasteiger partial charge in [-0.2, -0.15) is 0 Å². The number of carbonyl (C=O) groups excluding carboxylic acids is 3. The van der Waals surface area contributed by atoms with Gasteiger partial charge in [-0.15, -0.1) is 0 Å². The summed E-state index contributed by atoms with van der Waals surface area (Å²) < 4.78 is 5.34. The second-order valence-corrected chi connectivity index (χ2v) is 6.88. The van der Waals surface area contributed by atoms with Crippen molar-refractivity contribution in [3.63, 3.8) is 0 Å². The maximum absolute atomic E-state index is 12.8. The number of hydrogen-bond acceptors (Lipinski definition) is 4. The Morgan fingerprint density at radius 1 is 1.17 bits per heavy atom. The van der Waals surface area contributed by atoms with E-state index in [0.717, 1.165) is 0 Å². The summed E-state index contributed by atoms with van der Waals surface area (Å²) in [6.45, 7) is 2.95. The molecule has 29 heavy (non-hydrogen) atoms. The lowest BCUT2D eigenvalue weighted by Gasteiger charge is -2.20. The minimum absolute atomic E-state index is 0.151. The van der Waals surface area contributed by atoms with Crippen molar-refractivity contribution in [2.24, 2.45) is 0 Å². The zero-order valence-corrected chi connectivity index (χ0v) is 16.8. The monoisotopic (exact) mass is 395 g/mol. The maximum Gasteiger partial charge on any atom is 0.253 e. The van der Waals surface area contributed by atoms with Gasteiger partial charge in [-0.25, -0.2) is 0 Å². The van der Waals surface area contributed by atoms with E-state index >= 15 is 0 Å². The summed E-state index contributed by atoms with van der Waals surface area (Å²) in [5.74, 6) is -0.0969. The number of benzene rings is 2. The Labute approximate surface area is 170 Å². The molecule has 152 valence electrons. The average molecular weight is 395 g/mol. The standard InChI is InChI=1S/C22H25N3O4/c1-4-24(2)21(27)16-9-7-8-15(14-16)20(26)23-17-12-13-25(22(17)28)18-10-5-6-11-19(18)29-3/h5-11,14,17H,4,12-13H2,1-3H3,(H,23,26)/t17-/m0/s1. The molecule has 1 N–H and O–H groups in total. The normalized spacial score (nSPS) is 15.9. The number of nitrogens with zero attached hydrogens (tertiary/aromatic N) is 2. The minimum atomic E-state index is -0.620. The number of para-hydroxylation sites is 2. The van der Waals surface area contributed by atoms with Crippen LogP contribution >= 0.6 is 0 Å². The van der Waals surface area contributed by atoms with Crippen LogP contribution in [0.15, 0.2) is 48.5 Å². The molecule has 0 aromatic heterocycles. The molecule has 1 fully saturated rings. The predicted molar refractivity (Wildman–Crippen MR) is 110 cm³/mol. The first-order valence-corrected chi connectivity index (χ1v) is 9.57. The molecule has 1 atom stereocenters. The van der Waals surface area contributed by atoms with Gasteiger partial charge in [-0.1, -0.05) is 18.2 Å². The van der Waals surface area contributed by atoms with Crippen molar-refractivity contribution in [3.8, 4) is 5.75 Å². The average Bonchev–Trinajstić information content (AvgIpc) is 3.12. The van der Waals surface area contributed by atoms with Crippen LogP contribution in [-0.4, -0.2) is 55.9 Å². The number of ether oxygens (including phenoxy) is 1. The van der Waals surface area contributed by atoms with Gasteiger partial charge >= 0.3 is 0 Å². The van der Waals surface area contributed by atoms with Crippen molar-refractivity contribution in [2.45, 2.75) is 19.4 Å². The van der Waals surface area contributed by atoms with E-state index in [1.165, 1.54) is 0 Å². The molecule has 1 aliphatic heterocycles. The van der Waals surface area contributed by atoms with E-state index in [1.807, 2.05) is 25.1 Å². The number of hydrogen-bond donors (Lipinski definition) is 1. The molecule has 1 heterocycles. The number of nitrogens with one attached hydrogen (secondary N) is 1. The van der Waals surface area contributed by atoms with Gasteiger partial charge in [0, 0.05) is 31.3 Å². The number of anilines is 1. The highest BCUT2D eigenvalue weighted by Crippen LogP contribution is 2.31. The molecule has 0 saturated carbocycles. The summed E-state index contributed by atoms with van der Waals surface area (Å²) in [5.41, 5.74) is 1.48. The summed E-state index contributed by atoms with van der Waals surface area (Å²) in [7, 11) is 3.27. The minimum Gasteiger partial charge on any atom is -0.495 e. The SMILES string of the molecule is CCN(C)C(=O)c1cccc(C(=O)N[C@H]2CCN(c3ccccc3OC)C2=O)c1. The Balaban J connectivity index is 1.72. The summed E-state index contributed by atoms with van der Waals surface area (Å²) in [6.07, 6.45) is 0.500. The van der Waals surface area contributed by atoms with Crippen LogP contribution in [-0.2, 0) is 4.79 Å². The van der Waals surface area contributed by atoms with Gasteiger partial charge in [0.2, 0.25) is 5.91 Å². The van der Waals surface area contributed by atoms with Crippen LogP contribution < -0.4 is 15.0 Å². The molecule has 3 amide bonds. The molecule has 2 aromatic rings. The highest BCUT2D eigenvalue weighted by atomic mass is 16.5. The van der Waals surface area contributed by atoms with Crippen LogP contribution in [0.2, 0.25) is 0 Å². The van der Waals surface area contributed by atoms with Crippen molar-refractivity contribution in [2.75, 3.05) is 32.1 Å². The fourth-order valence-corrected chi connectivity index (χ4v) is 3.30. The van der Waals surface area contributed by atoms with Gasteiger partial charge in [0.05, 0.1) is 12.8 Å². The molecule has 0 unspecified atom stereocenters. The van der Waals surface area contributed by atoms with Crippen molar-refractivity contribution in [1.82, 2.24) is 10.2 Å². The van der Waals surface area contributed by atoms with Crippen molar-refractivity contribution >= 4 is 23.4 Å². The smallest absolute Gasteiger partial charge is 0.253 e. The molecule has 3 rings (SSSR count). The van der Waals surface area contributed by atoms with Crippen LogP contribution in [0.1, 0.15) is 34.1 Å². The predicted octanol–water partition coefficient (Wildman–Crippen LogP) is 2.32. The lowest BCUT2D eigenvalue weighted by Crippen LogP contribution is -2.41. The molecule has 7 heteroatoms. The van der Waals surface area contributed by atoms with E-state index in [0.29, 0.717) is 42.1 Å². The molecule has 0 aliphatic carbocycles. The fraction of sp³-hybridized carbons (Fsp3) is 0.318. The lowest BCUT2D eigenvalue weighted by molar-refractivity contribution is -0.118. The van der Waals surface area contributed by atoms with Crippen molar-refractivity contribution in [1.29, 1.82) is 0 Å². The summed E-state index contributed by atoms with van der Waals surface area (Å²) >= 11 is 0. The van der Waals surface area contributed by atoms with E-state index in [2.05, 4.69) is 5.32 Å². The molecule has 1 saturated heterocycles. The van der Waals surface area contributed by atoms with Gasteiger partial charge < -0.3 is 19.9 Å². The summed E-state index contributed by atoms with van der Waals surface area (Å²) in [6, 6.07) is 13.2. The van der Waals surface area contributed by atoms with Crippen molar-refractivity contribution in [3.05, 3.63) is 59.7 Å². The third kappa shape index (κ3) is 4.23. The first-order valence-electron chi connectivity index (χ1n) is 9.57. The third-order valence-electron chi connectivity index (χ3n) is 5.08. The van der Waals surface area contributed by atoms with Crippen LogP contribution in [0, 0.1) is 0 Å². The van der Waals surface area contributed by atoms with E-state index in [1.54, 1.807) is 54.3 Å². The van der Waals surface area contributed by atoms with Crippen LogP contribution in [0.5, 0.6) is 5.75 Å². The zero-order valence-electron chi connectivity index (χ0n) is 16.8. The molecule has 2 aromatic carbocycles. The molecule has 7 nitrogen and oxygen atoms in total. The Hall–Kier alpha value is -3.35. The third-order valence-corrected chi connectivity index (χ3v) is 5.08. The summed E-state index contributed by atoms with van der Waals surface area (Å²) in [5, 5.41) is 2.80. The first-order chi connectivity index (χ1) is 14.0. The fourth-order valence-electron chi connectivity index (χ4n) is 3.30. The summed E-state index contributed by atoms with van der Waals surface area (Å²) in [4.78, 5) is 41.1. The number of amides is 3. The Morgan fingerprint density at radius 2 is 1.90 bits per heavy atom. The molecular formula is C22H25N3O4. The highest BCUT2D eigenvalue weighted by Gasteiger charge is 2.35. The van der Waals surface area contributed by atoms with E-state index < -0.39 is 6.04 Å². The Morgan fingerprint density at radius 3 is 2.62 bits per heavy atom. The molecule has 1 aliphatic rings. The zero-order chi connectivity index (χ0) is 21.0. The van der Waals surface area contributed by atoms with Gasteiger partial charge in [0.15, 0.2) is 0 Å². The van der Waals surface area contributed by atoms with Crippen LogP contribution in [0.25, 0.3) is 0 Å². The first kappa shape index (κ1) is 20.4. The van der Waals surface area contributed by atoms with Gasteiger partial charge in [-0.05, 0) is 43.7 Å². The lowest BCUT2D eigenvalue weighted by atomic mass is 10.1. The second kappa shape index (κ2) is 8.77. The maximum atomic E-state index is 12.8. The van der Waals surface area contributed by atoms with E-state index in [9.17, 15) is 14.4 Å². The van der Waals surface area contributed by atoms with Gasteiger partial charge in [-0.3, -0.25) is 14.4 Å². The van der Waals surface area contributed by atoms with Crippen LogP contribution in [0.4, 0.5) is 5.69 Å². The van der Waals surface area contributed by atoms with E-state index in [-0.39, 0.29) is 17.7 Å². The number of methoxy groups -OCH3 is 1. The number of rotatable bonds is 6. The molecule has 0 spiro atoms. The Kier molecular flexibility index (Phi) is 6.16. The van der Waals surface area contributed by atoms with Crippen molar-refractivity contribution < 1.29 is 19.1 Å². The molecular weight excluding hydrogens is 370 g/mol. The number of carbonyl (C=O) groups is 3. The quantitative estimate of drug-likeness (QED) is 0.814. The van der Waals surface area contributed by atoms with Gasteiger partial charge in [0.25, 0.3) is 11.8 Å². The second-order valence-electron chi connectivity index (χ2n) is 6.88. The van der Waals surface area contributed by atoms with Gasteiger partial charge in [0.1, 0.15) is 11.8 Å². The van der Waals surface area contributed by atoms with E-state index in [4.69, 9.17) is 4.74 Å².